The Bertz CT molecular complexity index is 969. The third-order valence-corrected chi connectivity index (χ3v) is 4.59. The van der Waals surface area contributed by atoms with Gasteiger partial charge in [0.05, 0.1) is 36.9 Å². The van der Waals surface area contributed by atoms with E-state index in [1.807, 2.05) is 14.1 Å². The van der Waals surface area contributed by atoms with Crippen LogP contribution in [0.3, 0.4) is 0 Å². The van der Waals surface area contributed by atoms with Gasteiger partial charge in [-0.1, -0.05) is 0 Å². The molecule has 0 aliphatic carbocycles. The zero-order valence-electron chi connectivity index (χ0n) is 16.2. The van der Waals surface area contributed by atoms with Gasteiger partial charge in [0.1, 0.15) is 5.82 Å². The SMILES string of the molecule is CN(C)c1nccc(-c2[nH]c(C3OCC(CO)CO3)nc2-c2ccc(F)cc2)n1. The minimum Gasteiger partial charge on any atom is -0.396 e. The molecule has 1 aromatic carbocycles. The van der Waals surface area contributed by atoms with Crippen LogP contribution in [0.4, 0.5) is 10.3 Å². The van der Waals surface area contributed by atoms with Crippen LogP contribution < -0.4 is 4.90 Å². The van der Waals surface area contributed by atoms with Gasteiger partial charge < -0.3 is 24.5 Å². The lowest BCUT2D eigenvalue weighted by Gasteiger charge is -2.26. The van der Waals surface area contributed by atoms with E-state index in [-0.39, 0.29) is 18.3 Å². The lowest BCUT2D eigenvalue weighted by Crippen LogP contribution is -2.29. The Kier molecular flexibility index (Phi) is 5.52. The van der Waals surface area contributed by atoms with Crippen molar-refractivity contribution in [3.8, 4) is 22.6 Å². The summed E-state index contributed by atoms with van der Waals surface area (Å²) < 4.78 is 24.8. The van der Waals surface area contributed by atoms with Crippen LogP contribution in [0.2, 0.25) is 0 Å². The Morgan fingerprint density at radius 1 is 1.14 bits per heavy atom. The molecule has 1 aliphatic rings. The second kappa shape index (κ2) is 8.24. The van der Waals surface area contributed by atoms with Crippen LogP contribution >= 0.6 is 0 Å². The lowest BCUT2D eigenvalue weighted by atomic mass is 10.1. The normalized spacial score (nSPS) is 19.3. The topological polar surface area (TPSA) is 96.4 Å². The number of anilines is 1. The molecule has 4 rings (SSSR count). The maximum absolute atomic E-state index is 13.4. The number of hydrogen-bond acceptors (Lipinski definition) is 7. The van der Waals surface area contributed by atoms with E-state index in [1.165, 1.54) is 12.1 Å². The molecule has 2 N–H and O–H groups in total. The van der Waals surface area contributed by atoms with E-state index < -0.39 is 6.29 Å². The van der Waals surface area contributed by atoms with E-state index in [9.17, 15) is 9.50 Å². The number of ether oxygens (including phenoxy) is 2. The van der Waals surface area contributed by atoms with Crippen LogP contribution in [0.1, 0.15) is 12.1 Å². The average Bonchev–Trinajstić information content (AvgIpc) is 3.20. The van der Waals surface area contributed by atoms with Gasteiger partial charge in [-0.2, -0.15) is 0 Å². The van der Waals surface area contributed by atoms with Crippen molar-refractivity contribution in [1.29, 1.82) is 0 Å². The van der Waals surface area contributed by atoms with Gasteiger partial charge in [0.25, 0.3) is 0 Å². The molecule has 2 aromatic heterocycles. The van der Waals surface area contributed by atoms with Crippen LogP contribution in [-0.4, -0.2) is 59.0 Å². The highest BCUT2D eigenvalue weighted by atomic mass is 19.1. The molecule has 3 aromatic rings. The first-order valence-electron chi connectivity index (χ1n) is 9.26. The Labute approximate surface area is 167 Å². The second-order valence-corrected chi connectivity index (χ2v) is 7.04. The summed E-state index contributed by atoms with van der Waals surface area (Å²) in [6.45, 7) is 0.758. The molecule has 152 valence electrons. The number of aliphatic hydroxyl groups is 1. The zero-order chi connectivity index (χ0) is 20.4. The van der Waals surface area contributed by atoms with Gasteiger partial charge in [-0.05, 0) is 30.3 Å². The van der Waals surface area contributed by atoms with E-state index in [1.54, 1.807) is 29.3 Å². The monoisotopic (exact) mass is 399 g/mol. The Morgan fingerprint density at radius 2 is 1.86 bits per heavy atom. The summed E-state index contributed by atoms with van der Waals surface area (Å²) in [7, 11) is 3.72. The van der Waals surface area contributed by atoms with Crippen molar-refractivity contribution >= 4 is 5.95 Å². The molecule has 0 bridgehead atoms. The fraction of sp³-hybridized carbons (Fsp3) is 0.350. The number of nitrogens with one attached hydrogen (secondary N) is 1. The number of aliphatic hydroxyl groups excluding tert-OH is 1. The van der Waals surface area contributed by atoms with Crippen LogP contribution in [0, 0.1) is 11.7 Å². The average molecular weight is 399 g/mol. The van der Waals surface area contributed by atoms with E-state index in [0.29, 0.717) is 42.1 Å². The lowest BCUT2D eigenvalue weighted by molar-refractivity contribution is -0.213. The molecule has 0 saturated carbocycles. The molecule has 0 atom stereocenters. The van der Waals surface area contributed by atoms with Crippen molar-refractivity contribution in [2.24, 2.45) is 5.92 Å². The fourth-order valence-corrected chi connectivity index (χ4v) is 3.01. The van der Waals surface area contributed by atoms with Gasteiger partial charge in [-0.25, -0.2) is 19.3 Å². The minimum atomic E-state index is -0.680. The predicted octanol–water partition coefficient (Wildman–Crippen LogP) is 2.39. The molecule has 1 saturated heterocycles. The highest BCUT2D eigenvalue weighted by Crippen LogP contribution is 2.33. The molecule has 0 unspecified atom stereocenters. The van der Waals surface area contributed by atoms with Gasteiger partial charge in [-0.15, -0.1) is 0 Å². The van der Waals surface area contributed by atoms with E-state index >= 15 is 0 Å². The molecule has 8 nitrogen and oxygen atoms in total. The molecule has 3 heterocycles. The number of halogens is 1. The van der Waals surface area contributed by atoms with Crippen LogP contribution in [-0.2, 0) is 9.47 Å². The number of H-pyrrole nitrogens is 1. The predicted molar refractivity (Wildman–Crippen MR) is 105 cm³/mol. The molecule has 0 amide bonds. The molecule has 0 radical (unpaired) electrons. The highest BCUT2D eigenvalue weighted by molar-refractivity contribution is 5.77. The molecule has 1 aliphatic heterocycles. The molecule has 29 heavy (non-hydrogen) atoms. The molecular weight excluding hydrogens is 377 g/mol. The first-order valence-corrected chi connectivity index (χ1v) is 9.26. The summed E-state index contributed by atoms with van der Waals surface area (Å²) in [5, 5.41) is 9.25. The fourth-order valence-electron chi connectivity index (χ4n) is 3.01. The third-order valence-electron chi connectivity index (χ3n) is 4.59. The van der Waals surface area contributed by atoms with Gasteiger partial charge in [0, 0.05) is 31.8 Å². The van der Waals surface area contributed by atoms with Crippen molar-refractivity contribution in [3.05, 3.63) is 48.2 Å². The van der Waals surface area contributed by atoms with E-state index in [0.717, 1.165) is 5.56 Å². The Morgan fingerprint density at radius 3 is 2.52 bits per heavy atom. The van der Waals surface area contributed by atoms with Crippen molar-refractivity contribution in [1.82, 2.24) is 19.9 Å². The third kappa shape index (κ3) is 4.12. The maximum atomic E-state index is 13.4. The summed E-state index contributed by atoms with van der Waals surface area (Å²) >= 11 is 0. The van der Waals surface area contributed by atoms with Crippen molar-refractivity contribution in [2.75, 3.05) is 38.8 Å². The number of imidazole rings is 1. The summed E-state index contributed by atoms with van der Waals surface area (Å²) in [5.74, 6) is 0.666. The first kappa shape index (κ1) is 19.4. The second-order valence-electron chi connectivity index (χ2n) is 7.04. The van der Waals surface area contributed by atoms with Gasteiger partial charge in [0.15, 0.2) is 5.82 Å². The van der Waals surface area contributed by atoms with Crippen LogP contribution in [0.25, 0.3) is 22.6 Å². The number of nitrogens with zero attached hydrogens (tertiary/aromatic N) is 4. The first-order chi connectivity index (χ1) is 14.0. The van der Waals surface area contributed by atoms with E-state index in [4.69, 9.17) is 9.47 Å². The minimum absolute atomic E-state index is 0.00516. The van der Waals surface area contributed by atoms with E-state index in [2.05, 4.69) is 19.9 Å². The number of hydrogen-bond donors (Lipinski definition) is 2. The van der Waals surface area contributed by atoms with Crippen LogP contribution in [0.15, 0.2) is 36.5 Å². The molecule has 9 heteroatoms. The van der Waals surface area contributed by atoms with Gasteiger partial charge in [-0.3, -0.25) is 0 Å². The van der Waals surface area contributed by atoms with Gasteiger partial charge >= 0.3 is 0 Å². The zero-order valence-corrected chi connectivity index (χ0v) is 16.2. The standard InChI is InChI=1S/C20H22FN5O3/c1-26(2)20-22-8-7-15(23-20)17-16(13-3-5-14(21)6-4-13)24-18(25-17)19-28-10-12(9-27)11-29-19/h3-8,12,19,27H,9-11H2,1-2H3,(H,24,25). The summed E-state index contributed by atoms with van der Waals surface area (Å²) in [6, 6.07) is 7.88. The van der Waals surface area contributed by atoms with Crippen molar-refractivity contribution in [2.45, 2.75) is 6.29 Å². The maximum Gasteiger partial charge on any atom is 0.225 e. The highest BCUT2D eigenvalue weighted by Gasteiger charge is 2.27. The summed E-state index contributed by atoms with van der Waals surface area (Å²) in [5.41, 5.74) is 2.65. The number of benzene rings is 1. The summed E-state index contributed by atoms with van der Waals surface area (Å²) in [4.78, 5) is 18.6. The van der Waals surface area contributed by atoms with Crippen molar-refractivity contribution < 1.29 is 19.0 Å². The molecule has 1 fully saturated rings. The number of rotatable bonds is 5. The number of aromatic nitrogens is 4. The Hall–Kier alpha value is -2.88. The van der Waals surface area contributed by atoms with Crippen molar-refractivity contribution in [3.63, 3.8) is 0 Å². The summed E-state index contributed by atoms with van der Waals surface area (Å²) in [6.07, 6.45) is 0.993. The quantitative estimate of drug-likeness (QED) is 0.680. The van der Waals surface area contributed by atoms with Crippen LogP contribution in [0.5, 0.6) is 0 Å². The smallest absolute Gasteiger partial charge is 0.225 e. The number of aromatic amines is 1. The van der Waals surface area contributed by atoms with Gasteiger partial charge in [0.2, 0.25) is 12.2 Å². The molecular formula is C20H22FN5O3. The Balaban J connectivity index is 1.75. The molecule has 0 spiro atoms. The largest absolute Gasteiger partial charge is 0.396 e.